The Morgan fingerprint density at radius 3 is 2.39 bits per heavy atom. The van der Waals surface area contributed by atoms with E-state index in [9.17, 15) is 8.42 Å². The first kappa shape index (κ1) is 16.2. The van der Waals surface area contributed by atoms with Crippen molar-refractivity contribution in [2.45, 2.75) is 6.54 Å². The summed E-state index contributed by atoms with van der Waals surface area (Å²) < 4.78 is 24.4. The zero-order valence-electron chi connectivity index (χ0n) is 12.9. The van der Waals surface area contributed by atoms with Crippen molar-refractivity contribution in [1.29, 1.82) is 0 Å². The molecule has 0 aromatic heterocycles. The van der Waals surface area contributed by atoms with Gasteiger partial charge in [-0.05, 0) is 28.8 Å². The number of benzene rings is 2. The van der Waals surface area contributed by atoms with Gasteiger partial charge in [0.2, 0.25) is 0 Å². The fourth-order valence-electron chi connectivity index (χ4n) is 2.90. The summed E-state index contributed by atoms with van der Waals surface area (Å²) in [4.78, 5) is 2.64. The quantitative estimate of drug-likeness (QED) is 0.847. The Labute approximate surface area is 142 Å². The van der Waals surface area contributed by atoms with Crippen LogP contribution in [0.3, 0.4) is 0 Å². The van der Waals surface area contributed by atoms with E-state index < -0.39 is 9.84 Å². The van der Waals surface area contributed by atoms with Crippen LogP contribution in [0.25, 0.3) is 4.91 Å². The Kier molecular flexibility index (Phi) is 4.57. The largest absolute Gasteiger partial charge is 0.291 e. The predicted molar refractivity (Wildman–Crippen MR) is 94.9 cm³/mol. The lowest BCUT2D eigenvalue weighted by atomic mass is 10.0. The molecule has 0 spiro atoms. The van der Waals surface area contributed by atoms with Gasteiger partial charge in [0.15, 0.2) is 9.84 Å². The van der Waals surface area contributed by atoms with Gasteiger partial charge in [-0.2, -0.15) is 0 Å². The molecule has 0 bridgehead atoms. The molecule has 1 aliphatic heterocycles. The second-order valence-electron chi connectivity index (χ2n) is 5.85. The van der Waals surface area contributed by atoms with Crippen LogP contribution in [-0.2, 0) is 16.4 Å². The van der Waals surface area contributed by atoms with Crippen LogP contribution in [0, 0.1) is 0 Å². The van der Waals surface area contributed by atoms with Crippen molar-refractivity contribution in [2.75, 3.05) is 19.3 Å². The van der Waals surface area contributed by atoms with E-state index in [0.717, 1.165) is 12.1 Å². The number of rotatable bonds is 4. The topological polar surface area (TPSA) is 37.4 Å². The molecule has 0 amide bonds. The van der Waals surface area contributed by atoms with Gasteiger partial charge < -0.3 is 0 Å². The molecule has 23 heavy (non-hydrogen) atoms. The van der Waals surface area contributed by atoms with Crippen LogP contribution in [0.4, 0.5) is 0 Å². The maximum absolute atomic E-state index is 12.2. The molecule has 1 fully saturated rings. The lowest BCUT2D eigenvalue weighted by Gasteiger charge is -2.35. The Bertz CT molecular complexity index is 836. The first-order valence-corrected chi connectivity index (χ1v) is 9.65. The molecule has 1 heterocycles. The van der Waals surface area contributed by atoms with Gasteiger partial charge in [0, 0.05) is 30.9 Å². The minimum Gasteiger partial charge on any atom is -0.291 e. The van der Waals surface area contributed by atoms with Crippen molar-refractivity contribution in [2.24, 2.45) is 0 Å². The average molecular weight is 348 g/mol. The molecule has 5 heteroatoms. The van der Waals surface area contributed by atoms with Gasteiger partial charge in [0.1, 0.15) is 0 Å². The van der Waals surface area contributed by atoms with E-state index in [-0.39, 0.29) is 0 Å². The van der Waals surface area contributed by atoms with Crippen LogP contribution in [0.2, 0.25) is 5.02 Å². The molecule has 0 atom stereocenters. The van der Waals surface area contributed by atoms with Crippen molar-refractivity contribution >= 4 is 26.3 Å². The van der Waals surface area contributed by atoms with Gasteiger partial charge in [0.05, 0.1) is 4.91 Å². The van der Waals surface area contributed by atoms with Crippen molar-refractivity contribution in [1.82, 2.24) is 4.90 Å². The van der Waals surface area contributed by atoms with Crippen molar-refractivity contribution in [3.63, 3.8) is 0 Å². The van der Waals surface area contributed by atoms with Crippen LogP contribution in [0.15, 0.2) is 60.2 Å². The molecular weight excluding hydrogens is 330 g/mol. The van der Waals surface area contributed by atoms with Crippen LogP contribution < -0.4 is 0 Å². The van der Waals surface area contributed by atoms with Crippen LogP contribution in [0.1, 0.15) is 11.1 Å². The molecule has 3 nitrogen and oxygen atoms in total. The molecule has 0 unspecified atom stereocenters. The summed E-state index contributed by atoms with van der Waals surface area (Å²) in [7, 11) is -3.30. The van der Waals surface area contributed by atoms with Gasteiger partial charge in [-0.3, -0.25) is 4.90 Å². The highest BCUT2D eigenvalue weighted by atomic mass is 35.5. The Morgan fingerprint density at radius 1 is 1.09 bits per heavy atom. The third-order valence-electron chi connectivity index (χ3n) is 3.86. The van der Waals surface area contributed by atoms with Crippen molar-refractivity contribution < 1.29 is 8.42 Å². The highest BCUT2D eigenvalue weighted by Crippen LogP contribution is 2.31. The molecule has 1 aliphatic rings. The average Bonchev–Trinajstić information content (AvgIpc) is 2.45. The standard InChI is InChI=1S/C18H18ClNO2S/c1-23(21,22)18(15-8-5-9-17(19)10-15)16-12-20(13-16)11-14-6-3-2-4-7-14/h2-10H,11-13H2,1H3. The number of hydrogen-bond donors (Lipinski definition) is 0. The first-order chi connectivity index (χ1) is 10.9. The van der Waals surface area contributed by atoms with E-state index in [4.69, 9.17) is 11.6 Å². The zero-order chi connectivity index (χ0) is 16.4. The minimum atomic E-state index is -3.30. The first-order valence-electron chi connectivity index (χ1n) is 7.38. The highest BCUT2D eigenvalue weighted by molar-refractivity contribution is 8.00. The molecular formula is C18H18ClNO2S. The molecule has 0 radical (unpaired) electrons. The number of halogens is 1. The van der Waals surface area contributed by atoms with Crippen LogP contribution >= 0.6 is 11.6 Å². The van der Waals surface area contributed by atoms with E-state index in [1.807, 2.05) is 18.2 Å². The van der Waals surface area contributed by atoms with Crippen LogP contribution in [-0.4, -0.2) is 32.7 Å². The SMILES string of the molecule is CS(=O)(=O)C(=C1CN(Cc2ccccc2)C1)c1cccc(Cl)c1. The van der Waals surface area contributed by atoms with E-state index in [1.165, 1.54) is 11.8 Å². The summed E-state index contributed by atoms with van der Waals surface area (Å²) in [6, 6.07) is 17.2. The van der Waals surface area contributed by atoms with Gasteiger partial charge in [0.25, 0.3) is 0 Å². The van der Waals surface area contributed by atoms with Crippen molar-refractivity contribution in [3.8, 4) is 0 Å². The summed E-state index contributed by atoms with van der Waals surface area (Å²) >= 11 is 6.01. The van der Waals surface area contributed by atoms with Gasteiger partial charge >= 0.3 is 0 Å². The van der Waals surface area contributed by atoms with E-state index in [2.05, 4.69) is 17.0 Å². The van der Waals surface area contributed by atoms with Crippen molar-refractivity contribution in [3.05, 3.63) is 76.3 Å². The summed E-state index contributed by atoms with van der Waals surface area (Å²) in [5, 5.41) is 0.546. The maximum Gasteiger partial charge on any atom is 0.176 e. The summed E-state index contributed by atoms with van der Waals surface area (Å²) in [6.45, 7) is 2.17. The summed E-state index contributed by atoms with van der Waals surface area (Å²) in [6.07, 6.45) is 1.26. The molecule has 2 aromatic carbocycles. The maximum atomic E-state index is 12.2. The zero-order valence-corrected chi connectivity index (χ0v) is 14.4. The number of nitrogens with zero attached hydrogens (tertiary/aromatic N) is 1. The lowest BCUT2D eigenvalue weighted by Crippen LogP contribution is -2.40. The Morgan fingerprint density at radius 2 is 1.78 bits per heavy atom. The molecule has 0 saturated carbocycles. The molecule has 1 saturated heterocycles. The fourth-order valence-corrected chi connectivity index (χ4v) is 4.30. The minimum absolute atomic E-state index is 0.421. The molecule has 0 aliphatic carbocycles. The number of likely N-dealkylation sites (tertiary alicyclic amines) is 1. The van der Waals surface area contributed by atoms with Gasteiger partial charge in [-0.15, -0.1) is 0 Å². The van der Waals surface area contributed by atoms with E-state index in [0.29, 0.717) is 28.6 Å². The van der Waals surface area contributed by atoms with Gasteiger partial charge in [-0.1, -0.05) is 54.1 Å². The second kappa shape index (κ2) is 6.48. The Balaban J connectivity index is 1.84. The summed E-state index contributed by atoms with van der Waals surface area (Å²) in [5.74, 6) is 0. The lowest BCUT2D eigenvalue weighted by molar-refractivity contribution is 0.243. The second-order valence-corrected chi connectivity index (χ2v) is 8.23. The smallest absolute Gasteiger partial charge is 0.176 e. The van der Waals surface area contributed by atoms with E-state index in [1.54, 1.807) is 24.3 Å². The molecule has 120 valence electrons. The normalized spacial score (nSPS) is 15.3. The Hall–Kier alpha value is -1.62. The number of hydrogen-bond acceptors (Lipinski definition) is 3. The summed E-state index contributed by atoms with van der Waals surface area (Å²) in [5.41, 5.74) is 2.86. The number of sulfone groups is 1. The fraction of sp³-hybridized carbons (Fsp3) is 0.222. The third kappa shape index (κ3) is 3.83. The monoisotopic (exact) mass is 347 g/mol. The molecule has 2 aromatic rings. The third-order valence-corrected chi connectivity index (χ3v) is 5.36. The van der Waals surface area contributed by atoms with Gasteiger partial charge in [-0.25, -0.2) is 8.42 Å². The highest BCUT2D eigenvalue weighted by Gasteiger charge is 2.28. The van der Waals surface area contributed by atoms with Crippen LogP contribution in [0.5, 0.6) is 0 Å². The molecule has 3 rings (SSSR count). The molecule has 0 N–H and O–H groups in total. The predicted octanol–water partition coefficient (Wildman–Crippen LogP) is 3.61. The van der Waals surface area contributed by atoms with E-state index >= 15 is 0 Å².